The number of benzene rings is 1. The highest BCUT2D eigenvalue weighted by Gasteiger charge is 2.28. The quantitative estimate of drug-likeness (QED) is 0.623. The fourth-order valence-electron chi connectivity index (χ4n) is 1.55. The van der Waals surface area contributed by atoms with Gasteiger partial charge in [0.05, 0.1) is 16.0 Å². The van der Waals surface area contributed by atoms with E-state index in [4.69, 9.17) is 11.6 Å². The van der Waals surface area contributed by atoms with Crippen molar-refractivity contribution in [2.45, 2.75) is 16.7 Å². The third-order valence-corrected chi connectivity index (χ3v) is 4.50. The Labute approximate surface area is 82.4 Å². The smallest absolute Gasteiger partial charge is 0.178 e. The molecular weight excluding hydrogens is 208 g/mol. The molecule has 0 bridgehead atoms. The zero-order chi connectivity index (χ0) is 9.47. The van der Waals surface area contributed by atoms with Gasteiger partial charge in [-0.05, 0) is 18.1 Å². The van der Waals surface area contributed by atoms with Gasteiger partial charge in [0.15, 0.2) is 9.84 Å². The fraction of sp³-hybridized carbons (Fsp3) is 0.333. The van der Waals surface area contributed by atoms with Crippen molar-refractivity contribution in [3.05, 3.63) is 29.8 Å². The van der Waals surface area contributed by atoms with Gasteiger partial charge in [0.2, 0.25) is 0 Å². The molecule has 70 valence electrons. The molecule has 0 spiro atoms. The van der Waals surface area contributed by atoms with Crippen molar-refractivity contribution in [2.24, 2.45) is 0 Å². The van der Waals surface area contributed by atoms with Crippen LogP contribution in [0, 0.1) is 0 Å². The van der Waals surface area contributed by atoms with Crippen LogP contribution in [0.25, 0.3) is 0 Å². The second-order valence-corrected chi connectivity index (χ2v) is 5.72. The van der Waals surface area contributed by atoms with Crippen molar-refractivity contribution in [3.8, 4) is 0 Å². The molecule has 4 heteroatoms. The molecule has 1 aromatic carbocycles. The predicted molar refractivity (Wildman–Crippen MR) is 51.7 cm³/mol. The Morgan fingerprint density at radius 3 is 2.69 bits per heavy atom. The van der Waals surface area contributed by atoms with E-state index >= 15 is 0 Å². The van der Waals surface area contributed by atoms with Crippen molar-refractivity contribution >= 4 is 21.4 Å². The lowest BCUT2D eigenvalue weighted by molar-refractivity contribution is 0.585. The van der Waals surface area contributed by atoms with Crippen LogP contribution in [0.3, 0.4) is 0 Å². The van der Waals surface area contributed by atoms with Gasteiger partial charge in [0.1, 0.15) is 0 Å². The molecule has 1 heterocycles. The topological polar surface area (TPSA) is 34.1 Å². The number of hydrogen-bond donors (Lipinski definition) is 0. The highest BCUT2D eigenvalue weighted by Crippen LogP contribution is 2.35. The maximum Gasteiger partial charge on any atom is 0.178 e. The molecule has 1 aromatic rings. The number of hydrogen-bond acceptors (Lipinski definition) is 2. The first-order valence-electron chi connectivity index (χ1n) is 4.07. The number of rotatable bonds is 0. The molecule has 0 radical (unpaired) electrons. The molecule has 1 aliphatic rings. The van der Waals surface area contributed by atoms with Crippen molar-refractivity contribution in [3.63, 3.8) is 0 Å². The molecule has 0 fully saturated rings. The number of halogens is 1. The lowest BCUT2D eigenvalue weighted by Gasteiger charge is -2.20. The molecule has 0 amide bonds. The molecule has 0 aromatic heterocycles. The second kappa shape index (κ2) is 3.00. The van der Waals surface area contributed by atoms with Gasteiger partial charge in [-0.1, -0.05) is 18.2 Å². The van der Waals surface area contributed by atoms with E-state index in [1.54, 1.807) is 18.2 Å². The summed E-state index contributed by atoms with van der Waals surface area (Å²) in [4.78, 5) is 0.404. The molecule has 2 nitrogen and oxygen atoms in total. The average Bonchev–Trinajstić information content (AvgIpc) is 2.13. The van der Waals surface area contributed by atoms with Crippen LogP contribution in [0.1, 0.15) is 17.4 Å². The summed E-state index contributed by atoms with van der Waals surface area (Å²) in [5, 5.41) is -0.153. The van der Waals surface area contributed by atoms with Crippen molar-refractivity contribution < 1.29 is 8.42 Å². The average molecular weight is 217 g/mol. The highest BCUT2D eigenvalue weighted by molar-refractivity contribution is 7.91. The first-order valence-corrected chi connectivity index (χ1v) is 6.16. The van der Waals surface area contributed by atoms with E-state index in [9.17, 15) is 8.42 Å². The van der Waals surface area contributed by atoms with E-state index in [1.807, 2.05) is 6.07 Å². The minimum Gasteiger partial charge on any atom is -0.224 e. The monoisotopic (exact) mass is 216 g/mol. The Bertz CT molecular complexity index is 425. The second-order valence-electron chi connectivity index (χ2n) is 3.11. The Hall–Kier alpha value is -0.540. The number of alkyl halides is 1. The zero-order valence-electron chi connectivity index (χ0n) is 6.90. The van der Waals surface area contributed by atoms with Gasteiger partial charge >= 0.3 is 0 Å². The molecular formula is C9H9ClO2S. The maximum atomic E-state index is 11.6. The standard InChI is InChI=1S/C9H9ClO2S/c10-8-5-6-13(11,12)9-4-2-1-3-7(8)9/h1-4,8H,5-6H2. The van der Waals surface area contributed by atoms with Crippen LogP contribution in [0.2, 0.25) is 0 Å². The van der Waals surface area contributed by atoms with E-state index in [0.29, 0.717) is 11.3 Å². The number of sulfone groups is 1. The van der Waals surface area contributed by atoms with Crippen LogP contribution in [-0.2, 0) is 9.84 Å². The minimum atomic E-state index is -3.06. The largest absolute Gasteiger partial charge is 0.224 e. The molecule has 0 saturated heterocycles. The van der Waals surface area contributed by atoms with Gasteiger partial charge in [-0.25, -0.2) is 8.42 Å². The van der Waals surface area contributed by atoms with Crippen LogP contribution in [0.5, 0.6) is 0 Å². The maximum absolute atomic E-state index is 11.6. The van der Waals surface area contributed by atoms with E-state index in [-0.39, 0.29) is 11.1 Å². The predicted octanol–water partition coefficient (Wildman–Crippen LogP) is 2.14. The fourth-order valence-corrected chi connectivity index (χ4v) is 3.66. The molecule has 0 saturated carbocycles. The summed E-state index contributed by atoms with van der Waals surface area (Å²) in [6.45, 7) is 0. The molecule has 2 rings (SSSR count). The van der Waals surface area contributed by atoms with Gasteiger partial charge in [0.25, 0.3) is 0 Å². The van der Waals surface area contributed by atoms with Crippen molar-refractivity contribution in [1.82, 2.24) is 0 Å². The molecule has 1 aliphatic heterocycles. The van der Waals surface area contributed by atoms with Crippen molar-refractivity contribution in [2.75, 3.05) is 5.75 Å². The normalized spacial score (nSPS) is 25.2. The van der Waals surface area contributed by atoms with Gasteiger partial charge < -0.3 is 0 Å². The molecule has 1 atom stereocenters. The van der Waals surface area contributed by atoms with Crippen LogP contribution in [0.15, 0.2) is 29.2 Å². The molecule has 13 heavy (non-hydrogen) atoms. The number of fused-ring (bicyclic) bond motifs is 1. The van der Waals surface area contributed by atoms with Crippen LogP contribution < -0.4 is 0 Å². The van der Waals surface area contributed by atoms with Crippen LogP contribution >= 0.6 is 11.6 Å². The highest BCUT2D eigenvalue weighted by atomic mass is 35.5. The summed E-state index contributed by atoms with van der Waals surface area (Å²) in [5.74, 6) is 0.165. The van der Waals surface area contributed by atoms with Gasteiger partial charge in [-0.15, -0.1) is 11.6 Å². The van der Waals surface area contributed by atoms with Gasteiger partial charge in [-0.2, -0.15) is 0 Å². The zero-order valence-corrected chi connectivity index (χ0v) is 8.48. The first-order chi connectivity index (χ1) is 6.11. The lowest BCUT2D eigenvalue weighted by Crippen LogP contribution is -2.17. The summed E-state index contributed by atoms with van der Waals surface area (Å²) >= 11 is 6.01. The Morgan fingerprint density at radius 2 is 2.00 bits per heavy atom. The van der Waals surface area contributed by atoms with E-state index in [0.717, 1.165) is 5.56 Å². The Kier molecular flexibility index (Phi) is 2.08. The third-order valence-electron chi connectivity index (χ3n) is 2.23. The summed E-state index contributed by atoms with van der Waals surface area (Å²) in [7, 11) is -3.06. The van der Waals surface area contributed by atoms with E-state index in [2.05, 4.69) is 0 Å². The molecule has 0 N–H and O–H groups in total. The van der Waals surface area contributed by atoms with Gasteiger partial charge in [0, 0.05) is 0 Å². The minimum absolute atomic E-state index is 0.153. The van der Waals surface area contributed by atoms with E-state index in [1.165, 1.54) is 0 Å². The lowest BCUT2D eigenvalue weighted by atomic mass is 10.1. The Balaban J connectivity index is 2.68. The van der Waals surface area contributed by atoms with E-state index < -0.39 is 9.84 Å². The summed E-state index contributed by atoms with van der Waals surface area (Å²) in [5.41, 5.74) is 0.746. The van der Waals surface area contributed by atoms with Gasteiger partial charge in [-0.3, -0.25) is 0 Å². The summed E-state index contributed by atoms with van der Waals surface area (Å²) < 4.78 is 23.1. The van der Waals surface area contributed by atoms with Crippen molar-refractivity contribution in [1.29, 1.82) is 0 Å². The first kappa shape index (κ1) is 9.03. The van der Waals surface area contributed by atoms with Crippen LogP contribution in [0.4, 0.5) is 0 Å². The summed E-state index contributed by atoms with van der Waals surface area (Å²) in [6.07, 6.45) is 0.515. The molecule has 1 unspecified atom stereocenters. The summed E-state index contributed by atoms with van der Waals surface area (Å²) in [6, 6.07) is 6.95. The third kappa shape index (κ3) is 1.46. The SMILES string of the molecule is O=S1(=O)CCC(Cl)c2ccccc21. The van der Waals surface area contributed by atoms with Crippen LogP contribution in [-0.4, -0.2) is 14.2 Å². The molecule has 0 aliphatic carbocycles. The Morgan fingerprint density at radius 1 is 1.31 bits per heavy atom.